The van der Waals surface area contributed by atoms with Crippen LogP contribution in [0.3, 0.4) is 0 Å². The number of nitrogens with one attached hydrogen (secondary N) is 2. The highest BCUT2D eigenvalue weighted by molar-refractivity contribution is 6.30. The zero-order valence-electron chi connectivity index (χ0n) is 16.5. The molecule has 0 saturated carbocycles. The highest BCUT2D eigenvalue weighted by Crippen LogP contribution is 2.26. The van der Waals surface area contributed by atoms with Crippen molar-refractivity contribution in [1.82, 2.24) is 5.32 Å². The van der Waals surface area contributed by atoms with Gasteiger partial charge in [0.2, 0.25) is 11.8 Å². The smallest absolute Gasteiger partial charge is 0.291 e. The maximum atomic E-state index is 12.7. The van der Waals surface area contributed by atoms with Gasteiger partial charge in [0, 0.05) is 29.5 Å². The van der Waals surface area contributed by atoms with E-state index in [1.807, 2.05) is 0 Å². The largest absolute Gasteiger partial charge is 0.459 e. The first-order valence-corrected chi connectivity index (χ1v) is 10.2. The number of halogens is 1. The normalized spacial score (nSPS) is 15.7. The fraction of sp³-hybridized carbons (Fsp3) is 0.174. The van der Waals surface area contributed by atoms with Gasteiger partial charge in [-0.1, -0.05) is 23.7 Å². The van der Waals surface area contributed by atoms with Crippen LogP contribution in [0.25, 0.3) is 0 Å². The van der Waals surface area contributed by atoms with Gasteiger partial charge in [0.1, 0.15) is 5.92 Å². The predicted molar refractivity (Wildman–Crippen MR) is 117 cm³/mol. The number of amides is 3. The van der Waals surface area contributed by atoms with Crippen LogP contribution in [-0.4, -0.2) is 24.3 Å². The summed E-state index contributed by atoms with van der Waals surface area (Å²) in [4.78, 5) is 38.8. The third-order valence-electron chi connectivity index (χ3n) is 5.08. The van der Waals surface area contributed by atoms with Crippen molar-refractivity contribution < 1.29 is 18.8 Å². The number of hydrogen-bond acceptors (Lipinski definition) is 4. The summed E-state index contributed by atoms with van der Waals surface area (Å²) in [6, 6.07) is 17.3. The van der Waals surface area contributed by atoms with Crippen LogP contribution in [0.15, 0.2) is 71.3 Å². The van der Waals surface area contributed by atoms with E-state index in [1.54, 1.807) is 65.6 Å². The molecule has 1 aromatic heterocycles. The van der Waals surface area contributed by atoms with E-state index in [9.17, 15) is 14.4 Å². The lowest BCUT2D eigenvalue weighted by Crippen LogP contribution is -2.36. The van der Waals surface area contributed by atoms with Gasteiger partial charge in [0.15, 0.2) is 5.76 Å². The lowest BCUT2D eigenvalue weighted by molar-refractivity contribution is -0.132. The van der Waals surface area contributed by atoms with E-state index >= 15 is 0 Å². The molecule has 4 rings (SSSR count). The Morgan fingerprint density at radius 1 is 1.06 bits per heavy atom. The minimum absolute atomic E-state index is 0.212. The van der Waals surface area contributed by atoms with Crippen molar-refractivity contribution in [2.24, 2.45) is 5.92 Å². The molecule has 31 heavy (non-hydrogen) atoms. The molecule has 2 heterocycles. The quantitative estimate of drug-likeness (QED) is 0.573. The van der Waals surface area contributed by atoms with E-state index < -0.39 is 5.92 Å². The van der Waals surface area contributed by atoms with Crippen LogP contribution >= 0.6 is 11.6 Å². The number of rotatable bonds is 6. The second-order valence-electron chi connectivity index (χ2n) is 7.15. The molecular formula is C23H20ClN3O4. The Morgan fingerprint density at radius 2 is 1.81 bits per heavy atom. The minimum atomic E-state index is -0.706. The van der Waals surface area contributed by atoms with E-state index in [0.29, 0.717) is 23.7 Å². The Balaban J connectivity index is 1.30. The highest BCUT2D eigenvalue weighted by atomic mass is 35.5. The summed E-state index contributed by atoms with van der Waals surface area (Å²) in [7, 11) is 0. The summed E-state index contributed by atoms with van der Waals surface area (Å²) >= 11 is 5.90. The van der Waals surface area contributed by atoms with Gasteiger partial charge >= 0.3 is 0 Å². The molecule has 0 bridgehead atoms. The first-order chi connectivity index (χ1) is 15.0. The molecule has 3 amide bonds. The number of carbonyl (C=O) groups is 3. The van der Waals surface area contributed by atoms with Crippen LogP contribution in [0, 0.1) is 5.92 Å². The minimum Gasteiger partial charge on any atom is -0.459 e. The van der Waals surface area contributed by atoms with Crippen molar-refractivity contribution in [3.63, 3.8) is 0 Å². The summed E-state index contributed by atoms with van der Waals surface area (Å²) in [5.41, 5.74) is 2.20. The molecule has 1 aliphatic rings. The molecule has 1 saturated heterocycles. The van der Waals surface area contributed by atoms with Gasteiger partial charge in [0.05, 0.1) is 6.26 Å². The molecule has 0 aliphatic carbocycles. The lowest BCUT2D eigenvalue weighted by atomic mass is 10.1. The maximum absolute atomic E-state index is 12.7. The molecule has 158 valence electrons. The number of furan rings is 1. The van der Waals surface area contributed by atoms with E-state index in [0.717, 1.165) is 11.3 Å². The van der Waals surface area contributed by atoms with Crippen LogP contribution in [-0.2, 0) is 16.1 Å². The monoisotopic (exact) mass is 437 g/mol. The topological polar surface area (TPSA) is 91.7 Å². The number of hydrogen-bond donors (Lipinski definition) is 2. The average molecular weight is 438 g/mol. The number of carbonyl (C=O) groups excluding carboxylic acids is 3. The number of anilines is 2. The second kappa shape index (κ2) is 9.06. The molecule has 1 unspecified atom stereocenters. The molecule has 1 aliphatic heterocycles. The van der Waals surface area contributed by atoms with Crippen molar-refractivity contribution in [2.75, 3.05) is 16.8 Å². The standard InChI is InChI=1S/C23H20ClN3O4/c24-16-5-9-18(10-6-16)27-12-11-19(23(27)30)21(28)25-14-15-3-7-17(8-4-15)26-22(29)20-2-1-13-31-20/h1-10,13,19H,11-12,14H2,(H,25,28)(H,26,29). The molecule has 2 aromatic carbocycles. The zero-order valence-corrected chi connectivity index (χ0v) is 17.3. The van der Waals surface area contributed by atoms with Gasteiger partial charge in [0.25, 0.3) is 5.91 Å². The molecule has 3 aromatic rings. The summed E-state index contributed by atoms with van der Waals surface area (Å²) < 4.78 is 5.06. The van der Waals surface area contributed by atoms with E-state index in [4.69, 9.17) is 16.0 Å². The zero-order chi connectivity index (χ0) is 21.8. The molecule has 1 atom stereocenters. The summed E-state index contributed by atoms with van der Waals surface area (Å²) in [6.45, 7) is 0.776. The van der Waals surface area contributed by atoms with Gasteiger partial charge in [-0.2, -0.15) is 0 Å². The van der Waals surface area contributed by atoms with Crippen molar-refractivity contribution in [3.8, 4) is 0 Å². The molecular weight excluding hydrogens is 418 g/mol. The lowest BCUT2D eigenvalue weighted by Gasteiger charge is -2.17. The van der Waals surface area contributed by atoms with Crippen molar-refractivity contribution >= 4 is 40.7 Å². The Bertz CT molecular complexity index is 1080. The Kier molecular flexibility index (Phi) is 6.04. The fourth-order valence-electron chi connectivity index (χ4n) is 3.42. The van der Waals surface area contributed by atoms with Crippen LogP contribution < -0.4 is 15.5 Å². The first kappa shape index (κ1) is 20.7. The van der Waals surface area contributed by atoms with Gasteiger partial charge in [-0.3, -0.25) is 14.4 Å². The van der Waals surface area contributed by atoms with Gasteiger partial charge in [-0.15, -0.1) is 0 Å². The first-order valence-electron chi connectivity index (χ1n) is 9.80. The Labute approximate surface area is 184 Å². The number of benzene rings is 2. The van der Waals surface area contributed by atoms with Crippen molar-refractivity contribution in [1.29, 1.82) is 0 Å². The van der Waals surface area contributed by atoms with Crippen LogP contribution in [0.1, 0.15) is 22.5 Å². The van der Waals surface area contributed by atoms with Crippen molar-refractivity contribution in [3.05, 3.63) is 83.3 Å². The van der Waals surface area contributed by atoms with Gasteiger partial charge in [-0.05, 0) is 60.5 Å². The van der Waals surface area contributed by atoms with Crippen LogP contribution in [0.5, 0.6) is 0 Å². The second-order valence-corrected chi connectivity index (χ2v) is 7.59. The van der Waals surface area contributed by atoms with Gasteiger partial charge < -0.3 is 20.0 Å². The van der Waals surface area contributed by atoms with E-state index in [2.05, 4.69) is 10.6 Å². The Hall–Kier alpha value is -3.58. The summed E-state index contributed by atoms with van der Waals surface area (Å²) in [5, 5.41) is 6.15. The third-order valence-corrected chi connectivity index (χ3v) is 5.34. The van der Waals surface area contributed by atoms with Crippen molar-refractivity contribution in [2.45, 2.75) is 13.0 Å². The molecule has 2 N–H and O–H groups in total. The predicted octanol–water partition coefficient (Wildman–Crippen LogP) is 3.85. The Morgan fingerprint density at radius 3 is 2.48 bits per heavy atom. The molecule has 0 radical (unpaired) electrons. The number of nitrogens with zero attached hydrogens (tertiary/aromatic N) is 1. The average Bonchev–Trinajstić information content (AvgIpc) is 3.44. The van der Waals surface area contributed by atoms with Crippen LogP contribution in [0.4, 0.5) is 11.4 Å². The van der Waals surface area contributed by atoms with E-state index in [-0.39, 0.29) is 30.0 Å². The fourth-order valence-corrected chi connectivity index (χ4v) is 3.55. The van der Waals surface area contributed by atoms with Crippen LogP contribution in [0.2, 0.25) is 5.02 Å². The summed E-state index contributed by atoms with van der Waals surface area (Å²) in [5.74, 6) is -1.32. The highest BCUT2D eigenvalue weighted by Gasteiger charge is 2.37. The molecule has 0 spiro atoms. The molecule has 1 fully saturated rings. The SMILES string of the molecule is O=C(Nc1ccc(CNC(=O)C2CCN(c3ccc(Cl)cc3)C2=O)cc1)c1ccco1. The summed E-state index contributed by atoms with van der Waals surface area (Å²) in [6.07, 6.45) is 1.90. The maximum Gasteiger partial charge on any atom is 0.291 e. The third kappa shape index (κ3) is 4.78. The molecule has 8 heteroatoms. The van der Waals surface area contributed by atoms with Gasteiger partial charge in [-0.25, -0.2) is 0 Å². The van der Waals surface area contributed by atoms with E-state index in [1.165, 1.54) is 6.26 Å². The molecule has 7 nitrogen and oxygen atoms in total.